The van der Waals surface area contributed by atoms with E-state index in [1.807, 2.05) is 23.9 Å². The molecule has 0 aliphatic heterocycles. The molecular weight excluding hydrogens is 214 g/mol. The van der Waals surface area contributed by atoms with Crippen LogP contribution in [0.5, 0.6) is 0 Å². The van der Waals surface area contributed by atoms with E-state index in [2.05, 4.69) is 29.2 Å². The fourth-order valence-corrected chi connectivity index (χ4v) is 1.52. The molecule has 0 spiro atoms. The van der Waals surface area contributed by atoms with E-state index in [4.69, 9.17) is 5.73 Å². The number of nitrogen functional groups attached to an aromatic ring is 1. The highest BCUT2D eigenvalue weighted by Gasteiger charge is 2.05. The van der Waals surface area contributed by atoms with Crippen LogP contribution in [0, 0.1) is 6.92 Å². The van der Waals surface area contributed by atoms with Crippen molar-refractivity contribution < 1.29 is 0 Å². The molecular formula is C12H17N5. The third-order valence-corrected chi connectivity index (χ3v) is 2.45. The quantitative estimate of drug-likeness (QED) is 0.851. The van der Waals surface area contributed by atoms with Gasteiger partial charge in [0, 0.05) is 18.4 Å². The van der Waals surface area contributed by atoms with Gasteiger partial charge < -0.3 is 11.1 Å². The van der Waals surface area contributed by atoms with Crippen LogP contribution in [0.15, 0.2) is 24.7 Å². The van der Waals surface area contributed by atoms with Crippen molar-refractivity contribution in [1.82, 2.24) is 14.8 Å². The number of nitrogens with zero attached hydrogens (tertiary/aromatic N) is 3. The monoisotopic (exact) mass is 231 g/mol. The Hall–Kier alpha value is -2.04. The van der Waals surface area contributed by atoms with E-state index in [0.717, 1.165) is 11.3 Å². The van der Waals surface area contributed by atoms with Gasteiger partial charge in [-0.2, -0.15) is 5.10 Å². The molecule has 5 heteroatoms. The molecule has 0 bridgehead atoms. The summed E-state index contributed by atoms with van der Waals surface area (Å²) < 4.78 is 1.88. The Labute approximate surface area is 101 Å². The maximum Gasteiger partial charge on any atom is 0.153 e. The number of hydrogen-bond acceptors (Lipinski definition) is 4. The highest BCUT2D eigenvalue weighted by Crippen LogP contribution is 2.21. The van der Waals surface area contributed by atoms with E-state index in [1.54, 1.807) is 12.4 Å². The van der Waals surface area contributed by atoms with Gasteiger partial charge in [0.1, 0.15) is 0 Å². The van der Waals surface area contributed by atoms with Crippen LogP contribution in [0.2, 0.25) is 0 Å². The molecule has 17 heavy (non-hydrogen) atoms. The first-order valence-corrected chi connectivity index (χ1v) is 5.59. The first-order chi connectivity index (χ1) is 8.06. The minimum Gasteiger partial charge on any atom is -0.396 e. The molecule has 2 rings (SSSR count). The van der Waals surface area contributed by atoms with Gasteiger partial charge in [0.25, 0.3) is 0 Å². The summed E-state index contributed by atoms with van der Waals surface area (Å²) in [5.41, 5.74) is 8.46. The standard InChI is InChI=1S/C12H17N5/c1-8(2)17-7-10(6-15-17)16-12-11(13)4-9(3)5-14-12/h4-8H,13H2,1-3H3,(H,14,16). The van der Waals surface area contributed by atoms with Crippen molar-refractivity contribution in [2.75, 3.05) is 11.1 Å². The van der Waals surface area contributed by atoms with Crippen molar-refractivity contribution in [3.05, 3.63) is 30.2 Å². The van der Waals surface area contributed by atoms with Crippen LogP contribution in [0.4, 0.5) is 17.2 Å². The summed E-state index contributed by atoms with van der Waals surface area (Å²) in [7, 11) is 0. The van der Waals surface area contributed by atoms with Crippen molar-refractivity contribution >= 4 is 17.2 Å². The number of nitrogens with two attached hydrogens (primary N) is 1. The minimum atomic E-state index is 0.342. The Kier molecular flexibility index (Phi) is 2.99. The molecule has 3 N–H and O–H groups in total. The molecule has 5 nitrogen and oxygen atoms in total. The van der Waals surface area contributed by atoms with Crippen molar-refractivity contribution in [2.45, 2.75) is 26.8 Å². The minimum absolute atomic E-state index is 0.342. The van der Waals surface area contributed by atoms with Gasteiger partial charge in [0.05, 0.1) is 17.6 Å². The Morgan fingerprint density at radius 3 is 2.71 bits per heavy atom. The van der Waals surface area contributed by atoms with Gasteiger partial charge in [-0.1, -0.05) is 0 Å². The predicted octanol–water partition coefficient (Wildman–Crippen LogP) is 2.49. The normalized spacial score (nSPS) is 10.8. The molecule has 0 atom stereocenters. The van der Waals surface area contributed by atoms with Crippen molar-refractivity contribution in [2.24, 2.45) is 0 Å². The Balaban J connectivity index is 2.19. The lowest BCUT2D eigenvalue weighted by Crippen LogP contribution is -2.01. The summed E-state index contributed by atoms with van der Waals surface area (Å²) in [5, 5.41) is 7.40. The van der Waals surface area contributed by atoms with Crippen molar-refractivity contribution in [1.29, 1.82) is 0 Å². The topological polar surface area (TPSA) is 68.8 Å². The maximum atomic E-state index is 5.88. The summed E-state index contributed by atoms with van der Waals surface area (Å²) in [6, 6.07) is 2.23. The first-order valence-electron chi connectivity index (χ1n) is 5.59. The molecule has 0 radical (unpaired) electrons. The average molecular weight is 231 g/mol. The molecule has 0 aliphatic carbocycles. The van der Waals surface area contributed by atoms with Crippen LogP contribution in [0.3, 0.4) is 0 Å². The second-order valence-electron chi connectivity index (χ2n) is 4.38. The maximum absolute atomic E-state index is 5.88. The molecule has 0 fully saturated rings. The van der Waals surface area contributed by atoms with Gasteiger partial charge >= 0.3 is 0 Å². The third-order valence-electron chi connectivity index (χ3n) is 2.45. The van der Waals surface area contributed by atoms with E-state index in [9.17, 15) is 0 Å². The molecule has 0 aliphatic rings. The van der Waals surface area contributed by atoms with Crippen LogP contribution < -0.4 is 11.1 Å². The van der Waals surface area contributed by atoms with E-state index >= 15 is 0 Å². The van der Waals surface area contributed by atoms with Gasteiger partial charge in [-0.3, -0.25) is 4.68 Å². The molecule has 90 valence electrons. The molecule has 2 heterocycles. The zero-order chi connectivity index (χ0) is 12.4. The number of aryl methyl sites for hydroxylation is 1. The molecule has 0 amide bonds. The van der Waals surface area contributed by atoms with Gasteiger partial charge in [-0.05, 0) is 32.4 Å². The van der Waals surface area contributed by atoms with E-state index in [1.165, 1.54) is 0 Å². The van der Waals surface area contributed by atoms with E-state index in [0.29, 0.717) is 17.5 Å². The molecule has 0 saturated heterocycles. The fraction of sp³-hybridized carbons (Fsp3) is 0.333. The summed E-state index contributed by atoms with van der Waals surface area (Å²) in [4.78, 5) is 4.25. The third kappa shape index (κ3) is 2.55. The van der Waals surface area contributed by atoms with E-state index < -0.39 is 0 Å². The molecule has 0 saturated carbocycles. The lowest BCUT2D eigenvalue weighted by atomic mass is 10.3. The van der Waals surface area contributed by atoms with Gasteiger partial charge in [-0.25, -0.2) is 4.98 Å². The summed E-state index contributed by atoms with van der Waals surface area (Å²) >= 11 is 0. The van der Waals surface area contributed by atoms with Crippen LogP contribution >= 0.6 is 0 Å². The smallest absolute Gasteiger partial charge is 0.153 e. The Bertz CT molecular complexity index is 515. The SMILES string of the molecule is Cc1cnc(Nc2cnn(C(C)C)c2)c(N)c1. The lowest BCUT2D eigenvalue weighted by Gasteiger charge is -2.07. The Morgan fingerprint density at radius 2 is 2.12 bits per heavy atom. The summed E-state index contributed by atoms with van der Waals surface area (Å²) in [6.07, 6.45) is 5.48. The van der Waals surface area contributed by atoms with Crippen molar-refractivity contribution in [3.63, 3.8) is 0 Å². The average Bonchev–Trinajstić information content (AvgIpc) is 2.71. The summed E-state index contributed by atoms with van der Waals surface area (Å²) in [6.45, 7) is 6.12. The van der Waals surface area contributed by atoms with Crippen molar-refractivity contribution in [3.8, 4) is 0 Å². The fourth-order valence-electron chi connectivity index (χ4n) is 1.52. The largest absolute Gasteiger partial charge is 0.396 e. The number of aromatic nitrogens is 3. The Morgan fingerprint density at radius 1 is 1.35 bits per heavy atom. The highest BCUT2D eigenvalue weighted by atomic mass is 15.3. The lowest BCUT2D eigenvalue weighted by molar-refractivity contribution is 0.532. The number of rotatable bonds is 3. The first kappa shape index (κ1) is 11.4. The molecule has 2 aromatic rings. The second-order valence-corrected chi connectivity index (χ2v) is 4.38. The number of anilines is 3. The van der Waals surface area contributed by atoms with Gasteiger partial charge in [0.15, 0.2) is 5.82 Å². The predicted molar refractivity (Wildman–Crippen MR) is 69.3 cm³/mol. The van der Waals surface area contributed by atoms with Crippen LogP contribution in [0.25, 0.3) is 0 Å². The number of nitrogens with one attached hydrogen (secondary N) is 1. The van der Waals surface area contributed by atoms with Crippen LogP contribution in [0.1, 0.15) is 25.5 Å². The highest BCUT2D eigenvalue weighted by molar-refractivity contribution is 5.68. The number of hydrogen-bond donors (Lipinski definition) is 2. The summed E-state index contributed by atoms with van der Waals surface area (Å²) in [5.74, 6) is 0.666. The van der Waals surface area contributed by atoms with Gasteiger partial charge in [0.2, 0.25) is 0 Å². The second kappa shape index (κ2) is 4.45. The van der Waals surface area contributed by atoms with Crippen LogP contribution in [-0.4, -0.2) is 14.8 Å². The van der Waals surface area contributed by atoms with E-state index in [-0.39, 0.29) is 0 Å². The van der Waals surface area contributed by atoms with Gasteiger partial charge in [-0.15, -0.1) is 0 Å². The molecule has 0 unspecified atom stereocenters. The number of pyridine rings is 1. The van der Waals surface area contributed by atoms with Crippen LogP contribution in [-0.2, 0) is 0 Å². The zero-order valence-corrected chi connectivity index (χ0v) is 10.3. The zero-order valence-electron chi connectivity index (χ0n) is 10.3. The molecule has 0 aromatic carbocycles. The molecule has 2 aromatic heterocycles.